The van der Waals surface area contributed by atoms with Gasteiger partial charge in [-0.25, -0.2) is 4.98 Å². The van der Waals surface area contributed by atoms with Gasteiger partial charge in [0.1, 0.15) is 10.6 Å². The number of terminal acetylenes is 1. The zero-order chi connectivity index (χ0) is 18.7. The molecule has 1 saturated heterocycles. The van der Waals surface area contributed by atoms with Crippen molar-refractivity contribution in [3.63, 3.8) is 0 Å². The standard InChI is InChI=1S/C19H29N3O2S/c1-6-9-21(5)13-16-20-15(14-25-16)19(24)7-10-22(11-8-19)17(23)12-18(2,3)4/h1,14,24H,7-13H2,2-5H3. The minimum atomic E-state index is -0.933. The predicted molar refractivity (Wildman–Crippen MR) is 101 cm³/mol. The molecule has 0 unspecified atom stereocenters. The molecule has 1 aliphatic rings. The van der Waals surface area contributed by atoms with Crippen LogP contribution in [0.2, 0.25) is 0 Å². The number of piperidine rings is 1. The van der Waals surface area contributed by atoms with Gasteiger partial charge in [-0.3, -0.25) is 9.69 Å². The molecular weight excluding hydrogens is 334 g/mol. The Bertz CT molecular complexity index is 634. The first-order valence-corrected chi connectivity index (χ1v) is 9.58. The number of carbonyl (C=O) groups is 1. The van der Waals surface area contributed by atoms with Gasteiger partial charge in [0.2, 0.25) is 5.91 Å². The number of aliphatic hydroxyl groups is 1. The van der Waals surface area contributed by atoms with Crippen LogP contribution in [0.15, 0.2) is 5.38 Å². The second-order valence-electron chi connectivity index (χ2n) is 8.15. The Kier molecular flexibility index (Phi) is 6.26. The number of rotatable bonds is 5. The van der Waals surface area contributed by atoms with Crippen LogP contribution in [0.1, 0.15) is 50.7 Å². The lowest BCUT2D eigenvalue weighted by atomic mass is 9.87. The Morgan fingerprint density at radius 3 is 2.68 bits per heavy atom. The average molecular weight is 364 g/mol. The Morgan fingerprint density at radius 1 is 1.48 bits per heavy atom. The van der Waals surface area contributed by atoms with Crippen molar-refractivity contribution >= 4 is 17.2 Å². The van der Waals surface area contributed by atoms with Crippen molar-refractivity contribution < 1.29 is 9.90 Å². The number of nitrogens with zero attached hydrogens (tertiary/aromatic N) is 3. The number of hydrogen-bond acceptors (Lipinski definition) is 5. The zero-order valence-electron chi connectivity index (χ0n) is 15.7. The van der Waals surface area contributed by atoms with Gasteiger partial charge in [0, 0.05) is 24.9 Å². The summed E-state index contributed by atoms with van der Waals surface area (Å²) in [4.78, 5) is 20.9. The van der Waals surface area contributed by atoms with Crippen molar-refractivity contribution in [1.29, 1.82) is 0 Å². The van der Waals surface area contributed by atoms with E-state index < -0.39 is 5.60 Å². The summed E-state index contributed by atoms with van der Waals surface area (Å²) in [7, 11) is 1.95. The van der Waals surface area contributed by atoms with Crippen molar-refractivity contribution in [3.05, 3.63) is 16.1 Å². The van der Waals surface area contributed by atoms with Crippen LogP contribution in [0, 0.1) is 17.8 Å². The number of likely N-dealkylation sites (tertiary alicyclic amines) is 1. The van der Waals surface area contributed by atoms with Gasteiger partial charge in [0.25, 0.3) is 0 Å². The van der Waals surface area contributed by atoms with Crippen molar-refractivity contribution in [1.82, 2.24) is 14.8 Å². The first-order chi connectivity index (χ1) is 11.6. The lowest BCUT2D eigenvalue weighted by Gasteiger charge is -2.38. The molecule has 2 heterocycles. The molecule has 6 heteroatoms. The van der Waals surface area contributed by atoms with Crippen LogP contribution in [0.5, 0.6) is 0 Å². The highest BCUT2D eigenvalue weighted by Crippen LogP contribution is 2.34. The number of carbonyl (C=O) groups excluding carboxylic acids is 1. The molecule has 1 aromatic heterocycles. The predicted octanol–water partition coefficient (Wildman–Crippen LogP) is 2.45. The Hall–Kier alpha value is -1.42. The van der Waals surface area contributed by atoms with Gasteiger partial charge in [-0.2, -0.15) is 0 Å². The average Bonchev–Trinajstić information content (AvgIpc) is 2.95. The Labute approximate surface area is 155 Å². The molecule has 0 saturated carbocycles. The molecule has 5 nitrogen and oxygen atoms in total. The molecule has 1 aliphatic heterocycles. The summed E-state index contributed by atoms with van der Waals surface area (Å²) in [5, 5.41) is 13.9. The number of amides is 1. The smallest absolute Gasteiger partial charge is 0.223 e. The fourth-order valence-electron chi connectivity index (χ4n) is 2.99. The van der Waals surface area contributed by atoms with Crippen molar-refractivity contribution in [3.8, 4) is 12.3 Å². The van der Waals surface area contributed by atoms with Gasteiger partial charge in [0.15, 0.2) is 0 Å². The molecule has 138 valence electrons. The zero-order valence-corrected chi connectivity index (χ0v) is 16.5. The summed E-state index contributed by atoms with van der Waals surface area (Å²) in [5.41, 5.74) is -0.221. The van der Waals surface area contributed by atoms with E-state index in [1.807, 2.05) is 22.2 Å². The maximum absolute atomic E-state index is 12.4. The first-order valence-electron chi connectivity index (χ1n) is 8.70. The molecular formula is C19H29N3O2S. The topological polar surface area (TPSA) is 56.7 Å². The van der Waals surface area contributed by atoms with E-state index in [-0.39, 0.29) is 11.3 Å². The van der Waals surface area contributed by atoms with Crippen molar-refractivity contribution in [2.45, 2.75) is 52.2 Å². The van der Waals surface area contributed by atoms with Gasteiger partial charge in [-0.05, 0) is 25.3 Å². The molecule has 2 rings (SSSR count). The lowest BCUT2D eigenvalue weighted by molar-refractivity contribution is -0.137. The van der Waals surface area contributed by atoms with E-state index in [2.05, 4.69) is 31.7 Å². The van der Waals surface area contributed by atoms with Gasteiger partial charge in [0.05, 0.1) is 18.8 Å². The van der Waals surface area contributed by atoms with Crippen LogP contribution < -0.4 is 0 Å². The molecule has 0 atom stereocenters. The minimum absolute atomic E-state index is 0.0148. The third kappa shape index (κ3) is 5.53. The second kappa shape index (κ2) is 7.86. The molecule has 1 amide bonds. The third-order valence-electron chi connectivity index (χ3n) is 4.42. The van der Waals surface area contributed by atoms with E-state index >= 15 is 0 Å². The van der Waals surface area contributed by atoms with Crippen molar-refractivity contribution in [2.75, 3.05) is 26.7 Å². The maximum Gasteiger partial charge on any atom is 0.223 e. The van der Waals surface area contributed by atoms with Crippen LogP contribution in [0.25, 0.3) is 0 Å². The summed E-state index contributed by atoms with van der Waals surface area (Å²) in [6.45, 7) is 8.62. The number of aromatic nitrogens is 1. The largest absolute Gasteiger partial charge is 0.383 e. The molecule has 1 aromatic rings. The molecule has 25 heavy (non-hydrogen) atoms. The van der Waals surface area contributed by atoms with Crippen LogP contribution in [-0.4, -0.2) is 52.5 Å². The molecule has 1 N–H and O–H groups in total. The Balaban J connectivity index is 1.95. The normalized spacial score (nSPS) is 17.6. The van der Waals surface area contributed by atoms with Gasteiger partial charge in [-0.15, -0.1) is 17.8 Å². The molecule has 0 radical (unpaired) electrons. The minimum Gasteiger partial charge on any atom is -0.383 e. The highest BCUT2D eigenvalue weighted by molar-refractivity contribution is 7.09. The first kappa shape index (κ1) is 19.9. The van der Waals surface area contributed by atoms with E-state index in [0.717, 1.165) is 10.7 Å². The van der Waals surface area contributed by atoms with E-state index in [1.54, 1.807) is 11.3 Å². The summed E-state index contributed by atoms with van der Waals surface area (Å²) in [5.74, 6) is 2.78. The summed E-state index contributed by atoms with van der Waals surface area (Å²) < 4.78 is 0. The fourth-order valence-corrected chi connectivity index (χ4v) is 3.95. The van der Waals surface area contributed by atoms with Crippen molar-refractivity contribution in [2.24, 2.45) is 5.41 Å². The van der Waals surface area contributed by atoms with Crippen LogP contribution in [0.4, 0.5) is 0 Å². The van der Waals surface area contributed by atoms with E-state index in [4.69, 9.17) is 6.42 Å². The molecule has 0 spiro atoms. The highest BCUT2D eigenvalue weighted by atomic mass is 32.1. The van der Waals surface area contributed by atoms with Gasteiger partial charge < -0.3 is 10.0 Å². The van der Waals surface area contributed by atoms with Crippen LogP contribution in [-0.2, 0) is 16.9 Å². The summed E-state index contributed by atoms with van der Waals surface area (Å²) in [6.07, 6.45) is 6.92. The van der Waals surface area contributed by atoms with Crippen LogP contribution in [0.3, 0.4) is 0 Å². The third-order valence-corrected chi connectivity index (χ3v) is 5.25. The molecule has 0 aliphatic carbocycles. The van der Waals surface area contributed by atoms with E-state index in [1.165, 1.54) is 0 Å². The molecule has 1 fully saturated rings. The Morgan fingerprint density at radius 2 is 2.12 bits per heavy atom. The molecule has 0 aromatic carbocycles. The lowest BCUT2D eigenvalue weighted by Crippen LogP contribution is -2.46. The summed E-state index contributed by atoms with van der Waals surface area (Å²) >= 11 is 1.55. The SMILES string of the molecule is C#CCN(C)Cc1nc(C2(O)CCN(C(=O)CC(C)(C)C)CC2)cs1. The fraction of sp³-hybridized carbons (Fsp3) is 0.684. The quantitative estimate of drug-likeness (QED) is 0.817. The monoisotopic (exact) mass is 363 g/mol. The highest BCUT2D eigenvalue weighted by Gasteiger charge is 2.37. The van der Waals surface area contributed by atoms with Gasteiger partial charge in [-0.1, -0.05) is 26.7 Å². The van der Waals surface area contributed by atoms with Gasteiger partial charge >= 0.3 is 0 Å². The second-order valence-corrected chi connectivity index (χ2v) is 9.10. The van der Waals surface area contributed by atoms with Crippen LogP contribution >= 0.6 is 11.3 Å². The number of hydrogen-bond donors (Lipinski definition) is 1. The summed E-state index contributed by atoms with van der Waals surface area (Å²) in [6, 6.07) is 0. The number of thiazole rings is 1. The van der Waals surface area contributed by atoms with E-state index in [9.17, 15) is 9.90 Å². The molecule has 0 bridgehead atoms. The maximum atomic E-state index is 12.4. The van der Waals surface area contributed by atoms with E-state index in [0.29, 0.717) is 45.4 Å².